The lowest BCUT2D eigenvalue weighted by molar-refractivity contribution is 0.0538. The van der Waals surface area contributed by atoms with Crippen molar-refractivity contribution in [3.05, 3.63) is 41.2 Å². The van der Waals surface area contributed by atoms with Crippen molar-refractivity contribution in [2.24, 2.45) is 20.0 Å². The van der Waals surface area contributed by atoms with Crippen LogP contribution in [-0.4, -0.2) is 57.8 Å². The zero-order chi connectivity index (χ0) is 26.1. The molecule has 0 spiro atoms. The Balaban J connectivity index is 1.73. The third-order valence-electron chi connectivity index (χ3n) is 7.40. The highest BCUT2D eigenvalue weighted by Crippen LogP contribution is 2.43. The Morgan fingerprint density at radius 2 is 1.84 bits per heavy atom. The second kappa shape index (κ2) is 8.49. The van der Waals surface area contributed by atoms with Crippen LogP contribution < -0.4 is 0 Å². The number of hydrogen-bond donors (Lipinski definition) is 1. The summed E-state index contributed by atoms with van der Waals surface area (Å²) in [6.07, 6.45) is 3.62. The molecule has 0 radical (unpaired) electrons. The molecule has 1 aliphatic rings. The summed E-state index contributed by atoms with van der Waals surface area (Å²) < 4.78 is 17.2. The molecule has 0 aliphatic carbocycles. The highest BCUT2D eigenvalue weighted by Gasteiger charge is 2.36. The maximum absolute atomic E-state index is 11.2. The molecule has 6 heterocycles. The van der Waals surface area contributed by atoms with Crippen LogP contribution in [0.2, 0.25) is 0 Å². The largest absolute Gasteiger partial charge is 0.384 e. The van der Waals surface area contributed by atoms with Gasteiger partial charge in [-0.25, -0.2) is 4.68 Å². The van der Waals surface area contributed by atoms with Gasteiger partial charge in [0.1, 0.15) is 33.8 Å². The Labute approximate surface area is 214 Å². The fourth-order valence-corrected chi connectivity index (χ4v) is 5.77. The predicted molar refractivity (Wildman–Crippen MR) is 137 cm³/mol. The first-order valence-corrected chi connectivity index (χ1v) is 12.6. The Morgan fingerprint density at radius 1 is 1.08 bits per heavy atom. The van der Waals surface area contributed by atoms with Gasteiger partial charge in [-0.1, -0.05) is 10.4 Å². The molecule has 194 valence electrons. The van der Waals surface area contributed by atoms with Crippen molar-refractivity contribution in [3.8, 4) is 11.3 Å². The molecule has 1 aliphatic heterocycles. The molecule has 1 fully saturated rings. The van der Waals surface area contributed by atoms with Crippen LogP contribution in [0.5, 0.6) is 0 Å². The van der Waals surface area contributed by atoms with Crippen molar-refractivity contribution in [2.45, 2.75) is 52.2 Å². The summed E-state index contributed by atoms with van der Waals surface area (Å²) in [6.45, 7) is 8.77. The van der Waals surface area contributed by atoms with E-state index in [1.54, 1.807) is 18.5 Å². The van der Waals surface area contributed by atoms with Crippen LogP contribution >= 0.6 is 0 Å². The minimum atomic E-state index is -1.17. The standard InChI is InChI=1S/C26H32N8O3/c1-14-11-18(30-37-14)22(16-7-9-36-10-8-16)34-19-12-17(21-15(2)28-31-33(21)6)13-27-20(19)23-24(34)25(26(3,4)35)29-32(23)5/h11-13,16,22,35H,7-10H2,1-6H3. The van der Waals surface area contributed by atoms with Gasteiger partial charge in [-0.3, -0.25) is 9.67 Å². The summed E-state index contributed by atoms with van der Waals surface area (Å²) in [5.74, 6) is 1.000. The second-order valence-electron chi connectivity index (χ2n) is 10.6. The summed E-state index contributed by atoms with van der Waals surface area (Å²) in [5, 5.41) is 28.9. The van der Waals surface area contributed by atoms with E-state index in [9.17, 15) is 5.11 Å². The Hall–Kier alpha value is -3.57. The molecule has 1 atom stereocenters. The zero-order valence-corrected chi connectivity index (χ0v) is 22.1. The normalized spacial score (nSPS) is 16.3. The number of ether oxygens (including phenoxy) is 1. The summed E-state index contributed by atoms with van der Waals surface area (Å²) in [6, 6.07) is 3.99. The van der Waals surface area contributed by atoms with Crippen molar-refractivity contribution in [1.29, 1.82) is 0 Å². The third-order valence-corrected chi connectivity index (χ3v) is 7.40. The van der Waals surface area contributed by atoms with Gasteiger partial charge in [-0.2, -0.15) is 5.10 Å². The van der Waals surface area contributed by atoms with E-state index in [1.807, 2.05) is 44.9 Å². The predicted octanol–water partition coefficient (Wildman–Crippen LogP) is 3.57. The molecule has 0 amide bonds. The summed E-state index contributed by atoms with van der Waals surface area (Å²) in [4.78, 5) is 4.95. The SMILES string of the molecule is Cc1cc(C(C2CCOCC2)n2c3cc(-c4c(C)nnn4C)cnc3c3c2c(C(C)(C)O)nn3C)no1. The van der Waals surface area contributed by atoms with Crippen LogP contribution in [0.15, 0.2) is 22.9 Å². The van der Waals surface area contributed by atoms with Crippen molar-refractivity contribution in [2.75, 3.05) is 13.2 Å². The van der Waals surface area contributed by atoms with Crippen molar-refractivity contribution in [3.63, 3.8) is 0 Å². The highest BCUT2D eigenvalue weighted by atomic mass is 16.5. The summed E-state index contributed by atoms with van der Waals surface area (Å²) in [7, 11) is 3.78. The van der Waals surface area contributed by atoms with Gasteiger partial charge < -0.3 is 18.9 Å². The fraction of sp³-hybridized carbons (Fsp3) is 0.500. The number of aromatic nitrogens is 8. The topological polar surface area (TPSA) is 122 Å². The van der Waals surface area contributed by atoms with Crippen LogP contribution in [0.25, 0.3) is 33.3 Å². The van der Waals surface area contributed by atoms with E-state index in [0.717, 1.165) is 63.3 Å². The number of hydrogen-bond acceptors (Lipinski definition) is 8. The van der Waals surface area contributed by atoms with Gasteiger partial charge in [-0.15, -0.1) is 5.10 Å². The van der Waals surface area contributed by atoms with Gasteiger partial charge in [0.15, 0.2) is 0 Å². The quantitative estimate of drug-likeness (QED) is 0.386. The van der Waals surface area contributed by atoms with E-state index < -0.39 is 5.60 Å². The molecule has 0 aromatic carbocycles. The molecular formula is C26H32N8O3. The second-order valence-corrected chi connectivity index (χ2v) is 10.6. The molecule has 5 aromatic heterocycles. The van der Waals surface area contributed by atoms with Crippen LogP contribution in [0.1, 0.15) is 55.6 Å². The molecule has 0 bridgehead atoms. The minimum Gasteiger partial charge on any atom is -0.384 e. The Morgan fingerprint density at radius 3 is 2.46 bits per heavy atom. The lowest BCUT2D eigenvalue weighted by Crippen LogP contribution is -2.28. The molecule has 0 saturated carbocycles. The molecule has 1 N–H and O–H groups in total. The average Bonchev–Trinajstić information content (AvgIpc) is 3.60. The Kier molecular flexibility index (Phi) is 5.46. The number of aliphatic hydroxyl groups is 1. The molecule has 37 heavy (non-hydrogen) atoms. The van der Waals surface area contributed by atoms with Gasteiger partial charge in [0.2, 0.25) is 0 Å². The van der Waals surface area contributed by atoms with Crippen LogP contribution in [0.4, 0.5) is 0 Å². The molecular weight excluding hydrogens is 472 g/mol. The maximum atomic E-state index is 11.2. The molecule has 6 rings (SSSR count). The van der Waals surface area contributed by atoms with E-state index in [0.29, 0.717) is 18.9 Å². The smallest absolute Gasteiger partial charge is 0.134 e. The summed E-state index contributed by atoms with van der Waals surface area (Å²) in [5.41, 5.74) is 6.40. The van der Waals surface area contributed by atoms with Gasteiger partial charge in [0, 0.05) is 45.1 Å². The van der Waals surface area contributed by atoms with Crippen LogP contribution in [0, 0.1) is 19.8 Å². The molecule has 5 aromatic rings. The number of aryl methyl sites for hydroxylation is 4. The molecule has 11 nitrogen and oxygen atoms in total. The number of rotatable bonds is 5. The monoisotopic (exact) mass is 504 g/mol. The van der Waals surface area contributed by atoms with Gasteiger partial charge in [-0.05, 0) is 52.5 Å². The van der Waals surface area contributed by atoms with E-state index >= 15 is 0 Å². The first kappa shape index (κ1) is 23.8. The number of pyridine rings is 1. The lowest BCUT2D eigenvalue weighted by Gasteiger charge is -2.31. The van der Waals surface area contributed by atoms with Gasteiger partial charge >= 0.3 is 0 Å². The number of fused-ring (bicyclic) bond motifs is 3. The van der Waals surface area contributed by atoms with Crippen molar-refractivity contribution >= 4 is 22.1 Å². The van der Waals surface area contributed by atoms with Crippen LogP contribution in [-0.2, 0) is 24.4 Å². The lowest BCUT2D eigenvalue weighted by atomic mass is 9.89. The van der Waals surface area contributed by atoms with Gasteiger partial charge in [0.25, 0.3) is 0 Å². The Bertz CT molecular complexity index is 1590. The summed E-state index contributed by atoms with van der Waals surface area (Å²) >= 11 is 0. The molecule has 11 heteroatoms. The minimum absolute atomic E-state index is 0.158. The third kappa shape index (κ3) is 3.75. The first-order chi connectivity index (χ1) is 17.6. The average molecular weight is 505 g/mol. The molecule has 1 saturated heterocycles. The highest BCUT2D eigenvalue weighted by molar-refractivity contribution is 6.06. The fourth-order valence-electron chi connectivity index (χ4n) is 5.77. The molecule has 1 unspecified atom stereocenters. The van der Waals surface area contributed by atoms with E-state index in [1.165, 1.54) is 0 Å². The van der Waals surface area contributed by atoms with E-state index in [2.05, 4.69) is 26.1 Å². The van der Waals surface area contributed by atoms with Crippen molar-refractivity contribution in [1.82, 2.24) is 39.5 Å². The van der Waals surface area contributed by atoms with E-state index in [-0.39, 0.29) is 12.0 Å². The zero-order valence-electron chi connectivity index (χ0n) is 22.1. The number of nitrogens with zero attached hydrogens (tertiary/aromatic N) is 8. The van der Waals surface area contributed by atoms with Crippen molar-refractivity contribution < 1.29 is 14.4 Å². The van der Waals surface area contributed by atoms with Crippen LogP contribution in [0.3, 0.4) is 0 Å². The van der Waals surface area contributed by atoms with Gasteiger partial charge in [0.05, 0.1) is 28.5 Å². The van der Waals surface area contributed by atoms with E-state index in [4.69, 9.17) is 19.3 Å². The maximum Gasteiger partial charge on any atom is 0.134 e. The first-order valence-electron chi connectivity index (χ1n) is 12.6.